The molecule has 0 amide bonds. The van der Waals surface area contributed by atoms with Crippen LogP contribution < -0.4 is 4.72 Å². The van der Waals surface area contributed by atoms with Gasteiger partial charge in [-0.3, -0.25) is 9.52 Å². The van der Waals surface area contributed by atoms with Crippen LogP contribution in [0.3, 0.4) is 0 Å². The van der Waals surface area contributed by atoms with Gasteiger partial charge in [0.05, 0.1) is 4.90 Å². The number of phenols is 2. The summed E-state index contributed by atoms with van der Waals surface area (Å²) in [6.45, 7) is 0. The van der Waals surface area contributed by atoms with Crippen molar-refractivity contribution < 1.29 is 23.4 Å². The maximum atomic E-state index is 12.3. The van der Waals surface area contributed by atoms with Crippen molar-refractivity contribution in [1.82, 2.24) is 0 Å². The van der Waals surface area contributed by atoms with Gasteiger partial charge in [0.2, 0.25) is 0 Å². The van der Waals surface area contributed by atoms with E-state index in [9.17, 15) is 23.4 Å². The molecule has 0 spiro atoms. The minimum absolute atomic E-state index is 0.0102. The molecule has 0 saturated heterocycles. The molecule has 3 aromatic rings. The van der Waals surface area contributed by atoms with Gasteiger partial charge in [0.15, 0.2) is 5.78 Å². The Morgan fingerprint density at radius 1 is 0.857 bits per heavy atom. The summed E-state index contributed by atoms with van der Waals surface area (Å²) in [7, 11) is -3.80. The van der Waals surface area contributed by atoms with Crippen LogP contribution in [0.25, 0.3) is 6.08 Å². The van der Waals surface area contributed by atoms with Gasteiger partial charge in [-0.15, -0.1) is 0 Å². The van der Waals surface area contributed by atoms with E-state index in [2.05, 4.69) is 4.72 Å². The summed E-state index contributed by atoms with van der Waals surface area (Å²) in [5.74, 6) is -0.236. The normalized spacial score (nSPS) is 11.4. The van der Waals surface area contributed by atoms with Crippen LogP contribution in [-0.2, 0) is 10.0 Å². The van der Waals surface area contributed by atoms with E-state index in [4.69, 9.17) is 0 Å². The molecule has 7 heteroatoms. The van der Waals surface area contributed by atoms with Crippen LogP contribution in [0.4, 0.5) is 5.69 Å². The van der Waals surface area contributed by atoms with Gasteiger partial charge in [0.1, 0.15) is 11.5 Å². The Morgan fingerprint density at radius 3 is 2.14 bits per heavy atom. The first-order chi connectivity index (χ1) is 13.3. The van der Waals surface area contributed by atoms with Crippen molar-refractivity contribution in [3.05, 3.63) is 90.0 Å². The fourth-order valence-electron chi connectivity index (χ4n) is 2.43. The first kappa shape index (κ1) is 19.2. The second kappa shape index (κ2) is 7.98. The molecule has 3 N–H and O–H groups in total. The molecule has 142 valence electrons. The number of allylic oxidation sites excluding steroid dienone is 1. The van der Waals surface area contributed by atoms with Gasteiger partial charge in [-0.05, 0) is 66.7 Å². The Balaban J connectivity index is 1.72. The Labute approximate surface area is 162 Å². The van der Waals surface area contributed by atoms with E-state index in [1.54, 1.807) is 18.2 Å². The summed E-state index contributed by atoms with van der Waals surface area (Å²) in [5, 5.41) is 19.0. The molecule has 0 bridgehead atoms. The predicted octanol–water partition coefficient (Wildman–Crippen LogP) is 3.79. The van der Waals surface area contributed by atoms with E-state index in [1.165, 1.54) is 66.7 Å². The summed E-state index contributed by atoms with van der Waals surface area (Å²) in [4.78, 5) is 12.3. The van der Waals surface area contributed by atoms with Gasteiger partial charge < -0.3 is 10.2 Å². The number of nitrogens with one attached hydrogen (secondary N) is 1. The number of hydrogen-bond acceptors (Lipinski definition) is 5. The molecule has 0 atom stereocenters. The molecule has 6 nitrogen and oxygen atoms in total. The number of carbonyl (C=O) groups excluding carboxylic acids is 1. The third-order valence-corrected chi connectivity index (χ3v) is 5.32. The first-order valence-electron chi connectivity index (χ1n) is 8.27. The maximum Gasteiger partial charge on any atom is 0.261 e. The first-order valence-corrected chi connectivity index (χ1v) is 9.76. The summed E-state index contributed by atoms with van der Waals surface area (Å²) in [5.41, 5.74) is 1.20. The lowest BCUT2D eigenvalue weighted by Gasteiger charge is -2.08. The second-order valence-corrected chi connectivity index (χ2v) is 7.62. The van der Waals surface area contributed by atoms with Crippen LogP contribution in [0.5, 0.6) is 11.5 Å². The molecule has 0 heterocycles. The van der Waals surface area contributed by atoms with Gasteiger partial charge in [0, 0.05) is 16.8 Å². The third-order valence-electron chi connectivity index (χ3n) is 3.92. The Kier molecular flexibility index (Phi) is 5.47. The van der Waals surface area contributed by atoms with E-state index >= 15 is 0 Å². The van der Waals surface area contributed by atoms with Crippen molar-refractivity contribution in [2.75, 3.05) is 4.72 Å². The van der Waals surface area contributed by atoms with Crippen LogP contribution >= 0.6 is 0 Å². The number of rotatable bonds is 6. The number of ketones is 1. The SMILES string of the molecule is O=C(C=Cc1ccccc1O)c1ccc(NS(=O)(=O)c2ccc(O)cc2)cc1. The lowest BCUT2D eigenvalue weighted by Crippen LogP contribution is -2.12. The highest BCUT2D eigenvalue weighted by Crippen LogP contribution is 2.20. The molecular weight excluding hydrogens is 378 g/mol. The highest BCUT2D eigenvalue weighted by atomic mass is 32.2. The van der Waals surface area contributed by atoms with Gasteiger partial charge in [-0.25, -0.2) is 8.42 Å². The van der Waals surface area contributed by atoms with Crippen LogP contribution in [0.1, 0.15) is 15.9 Å². The highest BCUT2D eigenvalue weighted by molar-refractivity contribution is 7.92. The van der Waals surface area contributed by atoms with Gasteiger partial charge in [-0.1, -0.05) is 18.2 Å². The largest absolute Gasteiger partial charge is 0.508 e. The molecule has 3 aromatic carbocycles. The highest BCUT2D eigenvalue weighted by Gasteiger charge is 2.14. The summed E-state index contributed by atoms with van der Waals surface area (Å²) in [6.07, 6.45) is 2.85. The van der Waals surface area contributed by atoms with Crippen LogP contribution in [-0.4, -0.2) is 24.4 Å². The number of phenolic OH excluding ortho intramolecular Hbond substituents is 2. The van der Waals surface area contributed by atoms with Gasteiger partial charge in [0.25, 0.3) is 10.0 Å². The molecule has 0 aliphatic carbocycles. The monoisotopic (exact) mass is 395 g/mol. The molecule has 0 unspecified atom stereocenters. The Hall–Kier alpha value is -3.58. The summed E-state index contributed by atoms with van der Waals surface area (Å²) in [6, 6.07) is 17.8. The van der Waals surface area contributed by atoms with Crippen LogP contribution in [0, 0.1) is 0 Å². The van der Waals surface area contributed by atoms with E-state index in [0.29, 0.717) is 16.8 Å². The number of sulfonamides is 1. The molecule has 28 heavy (non-hydrogen) atoms. The average Bonchev–Trinajstić information content (AvgIpc) is 2.68. The molecule has 0 aromatic heterocycles. The molecular formula is C21H17NO5S. The fraction of sp³-hybridized carbons (Fsp3) is 0. The average molecular weight is 395 g/mol. The van der Waals surface area contributed by atoms with E-state index in [0.717, 1.165) is 0 Å². The summed E-state index contributed by atoms with van der Waals surface area (Å²) >= 11 is 0. The van der Waals surface area contributed by atoms with Crippen molar-refractivity contribution >= 4 is 27.6 Å². The van der Waals surface area contributed by atoms with Crippen LogP contribution in [0.15, 0.2) is 83.8 Å². The molecule has 0 fully saturated rings. The molecule has 0 saturated carbocycles. The summed E-state index contributed by atoms with van der Waals surface area (Å²) < 4.78 is 27.1. The Bertz CT molecular complexity index is 1120. The topological polar surface area (TPSA) is 104 Å². The van der Waals surface area contributed by atoms with Crippen LogP contribution in [0.2, 0.25) is 0 Å². The fourth-order valence-corrected chi connectivity index (χ4v) is 3.49. The van der Waals surface area contributed by atoms with Gasteiger partial charge in [-0.2, -0.15) is 0 Å². The maximum absolute atomic E-state index is 12.3. The van der Waals surface area contributed by atoms with Crippen molar-refractivity contribution in [3.8, 4) is 11.5 Å². The number of carbonyl (C=O) groups is 1. The number of aromatic hydroxyl groups is 2. The zero-order valence-electron chi connectivity index (χ0n) is 14.6. The smallest absolute Gasteiger partial charge is 0.261 e. The van der Waals surface area contributed by atoms with E-state index in [-0.39, 0.29) is 22.2 Å². The van der Waals surface area contributed by atoms with Crippen molar-refractivity contribution in [2.45, 2.75) is 4.90 Å². The second-order valence-electron chi connectivity index (χ2n) is 5.93. The zero-order chi connectivity index (χ0) is 20.1. The third kappa shape index (κ3) is 4.57. The lowest BCUT2D eigenvalue weighted by molar-refractivity contribution is 0.104. The van der Waals surface area contributed by atoms with E-state index < -0.39 is 10.0 Å². The number of anilines is 1. The number of benzene rings is 3. The lowest BCUT2D eigenvalue weighted by atomic mass is 10.1. The number of para-hydroxylation sites is 1. The van der Waals surface area contributed by atoms with Crippen molar-refractivity contribution in [1.29, 1.82) is 0 Å². The molecule has 0 radical (unpaired) electrons. The predicted molar refractivity (Wildman–Crippen MR) is 107 cm³/mol. The minimum atomic E-state index is -3.80. The minimum Gasteiger partial charge on any atom is -0.508 e. The van der Waals surface area contributed by atoms with Gasteiger partial charge >= 0.3 is 0 Å². The Morgan fingerprint density at radius 2 is 1.50 bits per heavy atom. The van der Waals surface area contributed by atoms with Crippen molar-refractivity contribution in [3.63, 3.8) is 0 Å². The molecule has 0 aliphatic heterocycles. The van der Waals surface area contributed by atoms with Crippen molar-refractivity contribution in [2.24, 2.45) is 0 Å². The van der Waals surface area contributed by atoms with E-state index in [1.807, 2.05) is 0 Å². The zero-order valence-corrected chi connectivity index (χ0v) is 15.4. The standard InChI is InChI=1S/C21H17NO5S/c23-18-10-12-19(13-11-18)28(26,27)22-17-8-5-16(6-9-17)21(25)14-7-15-3-1-2-4-20(15)24/h1-14,22-24H. The number of hydrogen-bond donors (Lipinski definition) is 3. The molecule has 0 aliphatic rings. The quantitative estimate of drug-likeness (QED) is 0.435. The molecule has 3 rings (SSSR count).